The van der Waals surface area contributed by atoms with Gasteiger partial charge in [-0.2, -0.15) is 0 Å². The number of benzene rings is 1. The standard InChI is InChI=1S/C21H21ClN4OS/c1-14-6-7-15(12-18(14)22)11-16-13-24-21(28-16)25-20(27)17-5-4-8-23-19(17)26-9-2-3-10-26/h4-8,12-13H,2-3,9-11H2,1H3,(H,24,25,27). The minimum absolute atomic E-state index is 0.172. The summed E-state index contributed by atoms with van der Waals surface area (Å²) in [7, 11) is 0. The Morgan fingerprint density at radius 1 is 1.25 bits per heavy atom. The number of thiazole rings is 1. The number of nitrogens with zero attached hydrogens (tertiary/aromatic N) is 3. The number of aryl methyl sites for hydroxylation is 1. The van der Waals surface area contributed by atoms with Crippen LogP contribution >= 0.6 is 22.9 Å². The van der Waals surface area contributed by atoms with Crippen molar-refractivity contribution in [3.63, 3.8) is 0 Å². The Bertz CT molecular complexity index is 998. The van der Waals surface area contributed by atoms with Crippen molar-refractivity contribution in [1.82, 2.24) is 9.97 Å². The summed E-state index contributed by atoms with van der Waals surface area (Å²) in [5.74, 6) is 0.581. The number of carbonyl (C=O) groups excluding carboxylic acids is 1. The smallest absolute Gasteiger partial charge is 0.261 e. The van der Waals surface area contributed by atoms with Crippen LogP contribution in [0, 0.1) is 6.92 Å². The molecule has 1 aliphatic rings. The van der Waals surface area contributed by atoms with Crippen LogP contribution in [0.25, 0.3) is 0 Å². The third-order valence-electron chi connectivity index (χ3n) is 4.83. The second-order valence-electron chi connectivity index (χ2n) is 6.91. The molecule has 1 amide bonds. The third-order valence-corrected chi connectivity index (χ3v) is 6.15. The zero-order valence-corrected chi connectivity index (χ0v) is 17.2. The number of hydrogen-bond acceptors (Lipinski definition) is 5. The second kappa shape index (κ2) is 8.29. The summed E-state index contributed by atoms with van der Waals surface area (Å²) in [4.78, 5) is 24.9. The number of nitrogens with one attached hydrogen (secondary N) is 1. The number of amides is 1. The molecule has 0 spiro atoms. The van der Waals surface area contributed by atoms with Crippen molar-refractivity contribution in [3.05, 3.63) is 69.3 Å². The number of anilines is 2. The molecule has 1 saturated heterocycles. The molecule has 0 saturated carbocycles. The highest BCUT2D eigenvalue weighted by Crippen LogP contribution is 2.26. The van der Waals surface area contributed by atoms with Gasteiger partial charge < -0.3 is 4.90 Å². The van der Waals surface area contributed by atoms with Crippen molar-refractivity contribution >= 4 is 39.8 Å². The van der Waals surface area contributed by atoms with E-state index < -0.39 is 0 Å². The molecule has 7 heteroatoms. The number of carbonyl (C=O) groups is 1. The lowest BCUT2D eigenvalue weighted by atomic mass is 10.1. The predicted octanol–water partition coefficient (Wildman–Crippen LogP) is 4.94. The van der Waals surface area contributed by atoms with Gasteiger partial charge in [-0.3, -0.25) is 10.1 Å². The average molecular weight is 413 g/mol. The highest BCUT2D eigenvalue weighted by Gasteiger charge is 2.21. The Morgan fingerprint density at radius 2 is 2.07 bits per heavy atom. The summed E-state index contributed by atoms with van der Waals surface area (Å²) < 4.78 is 0. The summed E-state index contributed by atoms with van der Waals surface area (Å²) in [5, 5.41) is 4.28. The largest absolute Gasteiger partial charge is 0.356 e. The van der Waals surface area contributed by atoms with Crippen LogP contribution in [0.4, 0.5) is 10.9 Å². The zero-order valence-electron chi connectivity index (χ0n) is 15.6. The van der Waals surface area contributed by atoms with Crippen LogP contribution in [0.3, 0.4) is 0 Å². The van der Waals surface area contributed by atoms with Crippen LogP contribution in [-0.4, -0.2) is 29.0 Å². The molecule has 28 heavy (non-hydrogen) atoms. The fourth-order valence-corrected chi connectivity index (χ4v) is 4.36. The number of hydrogen-bond donors (Lipinski definition) is 1. The first-order valence-electron chi connectivity index (χ1n) is 9.31. The Balaban J connectivity index is 1.47. The van der Waals surface area contributed by atoms with Crippen molar-refractivity contribution in [3.8, 4) is 0 Å². The van der Waals surface area contributed by atoms with Gasteiger partial charge in [0, 0.05) is 41.8 Å². The van der Waals surface area contributed by atoms with Gasteiger partial charge >= 0.3 is 0 Å². The van der Waals surface area contributed by atoms with E-state index in [1.807, 2.05) is 25.1 Å². The maximum Gasteiger partial charge on any atom is 0.261 e. The molecule has 1 aromatic carbocycles. The minimum atomic E-state index is -0.172. The van der Waals surface area contributed by atoms with Gasteiger partial charge in [0.05, 0.1) is 5.56 Å². The van der Waals surface area contributed by atoms with Crippen molar-refractivity contribution in [1.29, 1.82) is 0 Å². The number of pyridine rings is 1. The zero-order chi connectivity index (χ0) is 19.5. The molecule has 5 nitrogen and oxygen atoms in total. The van der Waals surface area contributed by atoms with Gasteiger partial charge in [-0.25, -0.2) is 9.97 Å². The number of halogens is 1. The maximum absolute atomic E-state index is 12.8. The molecule has 0 bridgehead atoms. The van der Waals surface area contributed by atoms with Crippen LogP contribution < -0.4 is 10.2 Å². The van der Waals surface area contributed by atoms with E-state index in [1.54, 1.807) is 18.5 Å². The van der Waals surface area contributed by atoms with Crippen molar-refractivity contribution in [2.24, 2.45) is 0 Å². The summed E-state index contributed by atoms with van der Waals surface area (Å²) in [5.41, 5.74) is 2.78. The van der Waals surface area contributed by atoms with E-state index in [4.69, 9.17) is 11.6 Å². The molecular weight excluding hydrogens is 392 g/mol. The normalized spacial score (nSPS) is 13.7. The fraction of sp³-hybridized carbons (Fsp3) is 0.286. The number of aromatic nitrogens is 2. The van der Waals surface area contributed by atoms with Crippen molar-refractivity contribution in [2.45, 2.75) is 26.2 Å². The van der Waals surface area contributed by atoms with Gasteiger partial charge in [-0.05, 0) is 49.1 Å². The first-order valence-corrected chi connectivity index (χ1v) is 10.5. The Labute approximate surface area is 173 Å². The SMILES string of the molecule is Cc1ccc(Cc2cnc(NC(=O)c3cccnc3N3CCCC3)s2)cc1Cl. The first kappa shape index (κ1) is 18.9. The van der Waals surface area contributed by atoms with E-state index >= 15 is 0 Å². The van der Waals surface area contributed by atoms with E-state index in [9.17, 15) is 4.79 Å². The molecule has 1 aliphatic heterocycles. The molecule has 3 heterocycles. The van der Waals surface area contributed by atoms with E-state index in [0.717, 1.165) is 59.2 Å². The lowest BCUT2D eigenvalue weighted by molar-refractivity contribution is 0.102. The van der Waals surface area contributed by atoms with Crippen LogP contribution in [0.2, 0.25) is 5.02 Å². The summed E-state index contributed by atoms with van der Waals surface area (Å²) in [6.07, 6.45) is 6.55. The minimum Gasteiger partial charge on any atom is -0.356 e. The molecule has 0 radical (unpaired) electrons. The molecule has 1 fully saturated rings. The molecule has 2 aromatic heterocycles. The van der Waals surface area contributed by atoms with E-state index in [2.05, 4.69) is 26.3 Å². The summed E-state index contributed by atoms with van der Waals surface area (Å²) >= 11 is 7.69. The highest BCUT2D eigenvalue weighted by atomic mass is 35.5. The van der Waals surface area contributed by atoms with Crippen LogP contribution in [0.15, 0.2) is 42.7 Å². The molecule has 4 rings (SSSR count). The van der Waals surface area contributed by atoms with E-state index in [1.165, 1.54) is 11.3 Å². The Morgan fingerprint density at radius 3 is 2.86 bits per heavy atom. The molecule has 1 N–H and O–H groups in total. The van der Waals surface area contributed by atoms with Gasteiger partial charge in [0.1, 0.15) is 5.82 Å². The van der Waals surface area contributed by atoms with E-state index in [0.29, 0.717) is 10.7 Å². The lowest BCUT2D eigenvalue weighted by Gasteiger charge is -2.19. The molecule has 0 unspecified atom stereocenters. The molecule has 3 aromatic rings. The van der Waals surface area contributed by atoms with Crippen molar-refractivity contribution in [2.75, 3.05) is 23.3 Å². The van der Waals surface area contributed by atoms with E-state index in [-0.39, 0.29) is 5.91 Å². The Hall–Kier alpha value is -2.44. The molecular formula is C21H21ClN4OS. The monoisotopic (exact) mass is 412 g/mol. The maximum atomic E-state index is 12.8. The van der Waals surface area contributed by atoms with Crippen LogP contribution in [-0.2, 0) is 6.42 Å². The molecule has 0 atom stereocenters. The third kappa shape index (κ3) is 4.18. The fourth-order valence-electron chi connectivity index (χ4n) is 3.31. The molecule has 144 valence electrons. The van der Waals surface area contributed by atoms with Crippen LogP contribution in [0.5, 0.6) is 0 Å². The van der Waals surface area contributed by atoms with Crippen LogP contribution in [0.1, 0.15) is 39.2 Å². The lowest BCUT2D eigenvalue weighted by Crippen LogP contribution is -2.24. The highest BCUT2D eigenvalue weighted by molar-refractivity contribution is 7.15. The quantitative estimate of drug-likeness (QED) is 0.644. The first-order chi connectivity index (χ1) is 13.6. The summed E-state index contributed by atoms with van der Waals surface area (Å²) in [6.45, 7) is 3.87. The van der Waals surface area contributed by atoms with Gasteiger partial charge in [0.15, 0.2) is 5.13 Å². The second-order valence-corrected chi connectivity index (χ2v) is 8.44. The Kier molecular flexibility index (Phi) is 5.59. The predicted molar refractivity (Wildman–Crippen MR) is 115 cm³/mol. The number of rotatable bonds is 5. The van der Waals surface area contributed by atoms with Gasteiger partial charge in [-0.15, -0.1) is 11.3 Å². The van der Waals surface area contributed by atoms with Gasteiger partial charge in [0.25, 0.3) is 5.91 Å². The van der Waals surface area contributed by atoms with Crippen molar-refractivity contribution < 1.29 is 4.79 Å². The topological polar surface area (TPSA) is 58.1 Å². The molecule has 0 aliphatic carbocycles. The van der Waals surface area contributed by atoms with Gasteiger partial charge in [-0.1, -0.05) is 23.7 Å². The average Bonchev–Trinajstić information content (AvgIpc) is 3.37. The van der Waals surface area contributed by atoms with Gasteiger partial charge in [0.2, 0.25) is 0 Å². The summed E-state index contributed by atoms with van der Waals surface area (Å²) in [6, 6.07) is 9.68.